The van der Waals surface area contributed by atoms with Gasteiger partial charge in [-0.2, -0.15) is 0 Å². The molecule has 118 valence electrons. The third-order valence-electron chi connectivity index (χ3n) is 3.73. The van der Waals surface area contributed by atoms with Crippen molar-refractivity contribution in [1.82, 2.24) is 5.32 Å². The number of hydrogen-bond acceptors (Lipinski definition) is 1. The minimum absolute atomic E-state index is 0.0140. The van der Waals surface area contributed by atoms with Crippen molar-refractivity contribution in [3.8, 4) is 0 Å². The SMILES string of the molecule is C=C1NC(c2c(F)cc(Br)cc2F)=C(c2ccccc2)CC1F. The highest BCUT2D eigenvalue weighted by Crippen LogP contribution is 2.37. The fraction of sp³-hybridized carbons (Fsp3) is 0.111. The van der Waals surface area contributed by atoms with Crippen LogP contribution in [0, 0.1) is 11.6 Å². The molecular weight excluding hydrogens is 367 g/mol. The molecule has 1 N–H and O–H groups in total. The number of nitrogens with one attached hydrogen (secondary N) is 1. The van der Waals surface area contributed by atoms with Crippen molar-refractivity contribution in [2.24, 2.45) is 0 Å². The first-order chi connectivity index (χ1) is 11.0. The van der Waals surface area contributed by atoms with Crippen molar-refractivity contribution >= 4 is 27.2 Å². The molecule has 1 aliphatic rings. The third-order valence-corrected chi connectivity index (χ3v) is 4.19. The lowest BCUT2D eigenvalue weighted by Gasteiger charge is -2.27. The zero-order valence-corrected chi connectivity index (χ0v) is 13.6. The number of rotatable bonds is 2. The van der Waals surface area contributed by atoms with Crippen LogP contribution in [0.1, 0.15) is 17.5 Å². The van der Waals surface area contributed by atoms with Gasteiger partial charge in [0.05, 0.1) is 11.3 Å². The Hall–Kier alpha value is -2.01. The maximum absolute atomic E-state index is 14.3. The highest BCUT2D eigenvalue weighted by atomic mass is 79.9. The standard InChI is InChI=1S/C18H13BrF3N/c1-10-14(20)9-13(11-5-3-2-4-6-11)18(23-10)17-15(21)7-12(19)8-16(17)22/h2-8,14,23H,1,9H2. The van der Waals surface area contributed by atoms with Gasteiger partial charge in [0.15, 0.2) is 0 Å². The predicted octanol–water partition coefficient (Wildman–Crippen LogP) is 5.44. The summed E-state index contributed by atoms with van der Waals surface area (Å²) in [5, 5.41) is 2.75. The smallest absolute Gasteiger partial charge is 0.143 e. The van der Waals surface area contributed by atoms with Crippen molar-refractivity contribution in [3.05, 3.63) is 82.0 Å². The van der Waals surface area contributed by atoms with Gasteiger partial charge in [-0.3, -0.25) is 0 Å². The molecule has 0 saturated heterocycles. The molecule has 0 radical (unpaired) electrons. The minimum Gasteiger partial charge on any atom is -0.356 e. The Morgan fingerprint density at radius 2 is 1.70 bits per heavy atom. The van der Waals surface area contributed by atoms with Gasteiger partial charge in [0.1, 0.15) is 17.8 Å². The summed E-state index contributed by atoms with van der Waals surface area (Å²) >= 11 is 3.06. The summed E-state index contributed by atoms with van der Waals surface area (Å²) < 4.78 is 43.1. The van der Waals surface area contributed by atoms with Crippen LogP contribution in [0.4, 0.5) is 13.2 Å². The van der Waals surface area contributed by atoms with Gasteiger partial charge in [0.2, 0.25) is 0 Å². The first-order valence-electron chi connectivity index (χ1n) is 7.00. The fourth-order valence-corrected chi connectivity index (χ4v) is 3.02. The minimum atomic E-state index is -1.31. The Labute approximate surface area is 140 Å². The van der Waals surface area contributed by atoms with Crippen LogP contribution in [-0.2, 0) is 0 Å². The van der Waals surface area contributed by atoms with Crippen LogP contribution in [0.25, 0.3) is 11.3 Å². The van der Waals surface area contributed by atoms with Crippen LogP contribution in [0.3, 0.4) is 0 Å². The summed E-state index contributed by atoms with van der Waals surface area (Å²) in [6, 6.07) is 11.3. The van der Waals surface area contributed by atoms with Crippen LogP contribution in [0.2, 0.25) is 0 Å². The van der Waals surface area contributed by atoms with Gasteiger partial charge >= 0.3 is 0 Å². The molecule has 2 aromatic carbocycles. The Balaban J connectivity index is 2.25. The molecule has 1 atom stereocenters. The molecule has 1 heterocycles. The quantitative estimate of drug-likeness (QED) is 0.732. The molecule has 2 aromatic rings. The zero-order chi connectivity index (χ0) is 16.6. The van der Waals surface area contributed by atoms with Gasteiger partial charge < -0.3 is 5.32 Å². The third kappa shape index (κ3) is 3.06. The van der Waals surface area contributed by atoms with Crippen molar-refractivity contribution in [3.63, 3.8) is 0 Å². The van der Waals surface area contributed by atoms with E-state index in [-0.39, 0.29) is 23.4 Å². The van der Waals surface area contributed by atoms with Crippen LogP contribution in [0.5, 0.6) is 0 Å². The molecule has 1 unspecified atom stereocenters. The van der Waals surface area contributed by atoms with Gasteiger partial charge in [0, 0.05) is 16.6 Å². The molecule has 0 amide bonds. The highest BCUT2D eigenvalue weighted by molar-refractivity contribution is 9.10. The molecule has 0 aromatic heterocycles. The molecule has 0 spiro atoms. The van der Waals surface area contributed by atoms with Crippen molar-refractivity contribution in [2.45, 2.75) is 12.6 Å². The van der Waals surface area contributed by atoms with Crippen molar-refractivity contribution < 1.29 is 13.2 Å². The summed E-state index contributed by atoms with van der Waals surface area (Å²) in [7, 11) is 0. The average Bonchev–Trinajstić information content (AvgIpc) is 2.50. The monoisotopic (exact) mass is 379 g/mol. The van der Waals surface area contributed by atoms with Gasteiger partial charge in [-0.25, -0.2) is 13.2 Å². The topological polar surface area (TPSA) is 12.0 Å². The van der Waals surface area contributed by atoms with E-state index in [0.717, 1.165) is 0 Å². The van der Waals surface area contributed by atoms with Crippen molar-refractivity contribution in [2.75, 3.05) is 0 Å². The Bertz CT molecular complexity index is 776. The van der Waals surface area contributed by atoms with Gasteiger partial charge in [-0.05, 0) is 23.3 Å². The normalized spacial score (nSPS) is 18.1. The van der Waals surface area contributed by atoms with Gasteiger partial charge in [-0.1, -0.05) is 52.8 Å². The lowest BCUT2D eigenvalue weighted by atomic mass is 9.90. The second-order valence-electron chi connectivity index (χ2n) is 5.29. The number of benzene rings is 2. The van der Waals surface area contributed by atoms with E-state index in [1.165, 1.54) is 12.1 Å². The lowest BCUT2D eigenvalue weighted by molar-refractivity contribution is 0.374. The van der Waals surface area contributed by atoms with E-state index < -0.39 is 17.8 Å². The second kappa shape index (κ2) is 6.24. The molecule has 1 nitrogen and oxygen atoms in total. The van der Waals surface area contributed by atoms with Crippen molar-refractivity contribution in [1.29, 1.82) is 0 Å². The Kier molecular flexibility index (Phi) is 4.31. The molecule has 5 heteroatoms. The fourth-order valence-electron chi connectivity index (χ4n) is 2.61. The summed E-state index contributed by atoms with van der Waals surface area (Å²) in [5.41, 5.74) is 1.34. The van der Waals surface area contributed by atoms with Gasteiger partial charge in [0.25, 0.3) is 0 Å². The lowest BCUT2D eigenvalue weighted by Crippen LogP contribution is -2.27. The molecule has 23 heavy (non-hydrogen) atoms. The van der Waals surface area contributed by atoms with E-state index in [9.17, 15) is 13.2 Å². The van der Waals surface area contributed by atoms with E-state index in [0.29, 0.717) is 15.6 Å². The summed E-state index contributed by atoms with van der Waals surface area (Å²) in [6.45, 7) is 3.60. The zero-order valence-electron chi connectivity index (χ0n) is 12.0. The highest BCUT2D eigenvalue weighted by Gasteiger charge is 2.28. The largest absolute Gasteiger partial charge is 0.356 e. The van der Waals surface area contributed by atoms with Gasteiger partial charge in [-0.15, -0.1) is 0 Å². The molecule has 0 saturated carbocycles. The number of halogens is 4. The first kappa shape index (κ1) is 15.9. The average molecular weight is 380 g/mol. The van der Waals surface area contributed by atoms with E-state index in [1.807, 2.05) is 6.07 Å². The van der Waals surface area contributed by atoms with E-state index >= 15 is 0 Å². The van der Waals surface area contributed by atoms with E-state index in [1.54, 1.807) is 24.3 Å². The van der Waals surface area contributed by atoms with E-state index in [4.69, 9.17) is 0 Å². The van der Waals surface area contributed by atoms with Crippen LogP contribution in [0.15, 0.2) is 59.2 Å². The Morgan fingerprint density at radius 1 is 1.09 bits per heavy atom. The maximum atomic E-state index is 14.3. The van der Waals surface area contributed by atoms with Crippen LogP contribution < -0.4 is 5.32 Å². The molecular formula is C18H13BrF3N. The second-order valence-corrected chi connectivity index (χ2v) is 6.20. The predicted molar refractivity (Wildman–Crippen MR) is 89.1 cm³/mol. The molecule has 0 fully saturated rings. The Morgan fingerprint density at radius 3 is 2.30 bits per heavy atom. The summed E-state index contributed by atoms with van der Waals surface area (Å²) in [4.78, 5) is 0. The molecule has 0 bridgehead atoms. The molecule has 3 rings (SSSR count). The van der Waals surface area contributed by atoms with E-state index in [2.05, 4.69) is 27.8 Å². The number of hydrogen-bond donors (Lipinski definition) is 1. The number of alkyl halides is 1. The summed E-state index contributed by atoms with van der Waals surface area (Å²) in [5.74, 6) is -1.45. The maximum Gasteiger partial charge on any atom is 0.143 e. The number of allylic oxidation sites excluding steroid dienone is 2. The van der Waals surface area contributed by atoms with Crippen LogP contribution in [-0.4, -0.2) is 6.17 Å². The molecule has 0 aliphatic carbocycles. The van der Waals surface area contributed by atoms with Crippen LogP contribution >= 0.6 is 15.9 Å². The summed E-state index contributed by atoms with van der Waals surface area (Å²) in [6.07, 6.45) is -1.30. The molecule has 1 aliphatic heterocycles. The first-order valence-corrected chi connectivity index (χ1v) is 7.80.